The molecular formula is C22H24N2O4. The predicted octanol–water partition coefficient (Wildman–Crippen LogP) is 3.09. The molecule has 0 spiro atoms. The molecule has 2 aromatic rings. The molecule has 1 N–H and O–H groups in total. The highest BCUT2D eigenvalue weighted by molar-refractivity contribution is 6.04. The van der Waals surface area contributed by atoms with Crippen LogP contribution in [0.4, 0.5) is 0 Å². The van der Waals surface area contributed by atoms with E-state index in [4.69, 9.17) is 14.3 Å². The highest BCUT2D eigenvalue weighted by Crippen LogP contribution is 2.41. The molecule has 0 aliphatic carbocycles. The lowest BCUT2D eigenvalue weighted by molar-refractivity contribution is -0.131. The van der Waals surface area contributed by atoms with Crippen molar-refractivity contribution in [2.24, 2.45) is 5.16 Å². The van der Waals surface area contributed by atoms with Gasteiger partial charge in [-0.15, -0.1) is 0 Å². The van der Waals surface area contributed by atoms with E-state index in [0.717, 1.165) is 29.0 Å². The maximum atomic E-state index is 12.3. The lowest BCUT2D eigenvalue weighted by Gasteiger charge is -2.18. The number of ether oxygens (including phenoxy) is 2. The molecule has 28 heavy (non-hydrogen) atoms. The number of hydrogen-bond acceptors (Lipinski definition) is 5. The van der Waals surface area contributed by atoms with Crippen molar-refractivity contribution in [3.8, 4) is 11.5 Å². The molecule has 2 aliphatic rings. The monoisotopic (exact) mass is 380 g/mol. The van der Waals surface area contributed by atoms with Crippen LogP contribution in [0.25, 0.3) is 0 Å². The average Bonchev–Trinajstić information content (AvgIpc) is 3.29. The van der Waals surface area contributed by atoms with Gasteiger partial charge in [0.25, 0.3) is 5.91 Å². The van der Waals surface area contributed by atoms with Gasteiger partial charge in [-0.2, -0.15) is 0 Å². The molecule has 0 fully saturated rings. The summed E-state index contributed by atoms with van der Waals surface area (Å²) in [6.45, 7) is 4.85. The summed E-state index contributed by atoms with van der Waals surface area (Å²) in [5, 5.41) is 6.89. The van der Waals surface area contributed by atoms with E-state index in [-0.39, 0.29) is 11.5 Å². The van der Waals surface area contributed by atoms with Crippen LogP contribution in [0.5, 0.6) is 11.5 Å². The van der Waals surface area contributed by atoms with E-state index in [1.54, 1.807) is 0 Å². The maximum Gasteiger partial charge on any atom is 0.264 e. The Morgan fingerprint density at radius 3 is 2.86 bits per heavy atom. The van der Waals surface area contributed by atoms with Crippen molar-refractivity contribution >= 4 is 11.6 Å². The van der Waals surface area contributed by atoms with Gasteiger partial charge in [-0.3, -0.25) is 4.79 Å². The van der Waals surface area contributed by atoms with Gasteiger partial charge in [0.1, 0.15) is 12.2 Å². The molecule has 2 aliphatic heterocycles. The third-order valence-corrected chi connectivity index (χ3v) is 4.78. The normalized spacial score (nSPS) is 19.2. The van der Waals surface area contributed by atoms with Crippen LogP contribution in [0, 0.1) is 0 Å². The Kier molecular flexibility index (Phi) is 4.94. The smallest absolute Gasteiger partial charge is 0.264 e. The van der Waals surface area contributed by atoms with Crippen molar-refractivity contribution in [2.75, 3.05) is 13.2 Å². The SMILES string of the molecule is CC1(C)Cc2cccc(OCCNC(=O)C3CC(c4ccccc4)=NO3)c2O1. The first kappa shape index (κ1) is 18.3. The number of nitrogens with one attached hydrogen (secondary N) is 1. The van der Waals surface area contributed by atoms with Crippen LogP contribution in [0.1, 0.15) is 31.4 Å². The van der Waals surface area contributed by atoms with E-state index >= 15 is 0 Å². The van der Waals surface area contributed by atoms with Gasteiger partial charge in [-0.05, 0) is 25.5 Å². The molecule has 4 rings (SSSR count). The molecule has 1 unspecified atom stereocenters. The van der Waals surface area contributed by atoms with Crippen LogP contribution in [0.15, 0.2) is 53.7 Å². The third kappa shape index (κ3) is 3.96. The zero-order valence-corrected chi connectivity index (χ0v) is 16.1. The lowest BCUT2D eigenvalue weighted by Crippen LogP contribution is -2.37. The first-order chi connectivity index (χ1) is 13.5. The fourth-order valence-electron chi connectivity index (χ4n) is 3.47. The Bertz CT molecular complexity index is 893. The standard InChI is InChI=1S/C22H24N2O4/c1-22(2)14-16-9-6-10-18(20(16)27-22)26-12-11-23-21(25)19-13-17(24-28-19)15-7-4-3-5-8-15/h3-10,19H,11-14H2,1-2H3,(H,23,25). The quantitative estimate of drug-likeness (QED) is 0.782. The fraction of sp³-hybridized carbons (Fsp3) is 0.364. The number of para-hydroxylation sites is 1. The second-order valence-corrected chi connectivity index (χ2v) is 7.62. The fourth-order valence-corrected chi connectivity index (χ4v) is 3.47. The van der Waals surface area contributed by atoms with Gasteiger partial charge in [0.05, 0.1) is 12.3 Å². The number of rotatable bonds is 6. The molecule has 6 nitrogen and oxygen atoms in total. The van der Waals surface area contributed by atoms with Crippen LogP contribution in [0.2, 0.25) is 0 Å². The van der Waals surface area contributed by atoms with Crippen LogP contribution in [-0.2, 0) is 16.1 Å². The number of benzene rings is 2. The van der Waals surface area contributed by atoms with Crippen LogP contribution in [-0.4, -0.2) is 36.5 Å². The van der Waals surface area contributed by atoms with Gasteiger partial charge in [0.2, 0.25) is 6.10 Å². The molecule has 6 heteroatoms. The summed E-state index contributed by atoms with van der Waals surface area (Å²) in [6.07, 6.45) is 0.727. The summed E-state index contributed by atoms with van der Waals surface area (Å²) >= 11 is 0. The van der Waals surface area contributed by atoms with Gasteiger partial charge >= 0.3 is 0 Å². The second-order valence-electron chi connectivity index (χ2n) is 7.62. The summed E-state index contributed by atoms with van der Waals surface area (Å²) in [6, 6.07) is 15.6. The zero-order valence-electron chi connectivity index (χ0n) is 16.1. The molecule has 146 valence electrons. The van der Waals surface area contributed by atoms with Crippen molar-refractivity contribution in [3.63, 3.8) is 0 Å². The summed E-state index contributed by atoms with van der Waals surface area (Å²) < 4.78 is 11.8. The molecule has 0 aromatic heterocycles. The zero-order chi connectivity index (χ0) is 19.6. The molecule has 1 atom stereocenters. The molecule has 2 aromatic carbocycles. The van der Waals surface area contributed by atoms with Gasteiger partial charge in [0, 0.05) is 18.4 Å². The molecule has 0 radical (unpaired) electrons. The number of fused-ring (bicyclic) bond motifs is 1. The average molecular weight is 380 g/mol. The van der Waals surface area contributed by atoms with Crippen molar-refractivity contribution in [2.45, 2.75) is 38.4 Å². The molecular weight excluding hydrogens is 356 g/mol. The predicted molar refractivity (Wildman–Crippen MR) is 106 cm³/mol. The molecule has 1 amide bonds. The number of carbonyl (C=O) groups excluding carboxylic acids is 1. The molecule has 0 bridgehead atoms. The summed E-state index contributed by atoms with van der Waals surface area (Å²) in [7, 11) is 0. The van der Waals surface area contributed by atoms with Gasteiger partial charge in [-0.1, -0.05) is 47.6 Å². The van der Waals surface area contributed by atoms with Crippen LogP contribution in [0.3, 0.4) is 0 Å². The van der Waals surface area contributed by atoms with Gasteiger partial charge < -0.3 is 19.6 Å². The van der Waals surface area contributed by atoms with E-state index < -0.39 is 6.10 Å². The molecule has 2 heterocycles. The number of amides is 1. The number of nitrogens with zero attached hydrogens (tertiary/aromatic N) is 1. The largest absolute Gasteiger partial charge is 0.488 e. The summed E-state index contributed by atoms with van der Waals surface area (Å²) in [5.74, 6) is 1.33. The topological polar surface area (TPSA) is 69.2 Å². The summed E-state index contributed by atoms with van der Waals surface area (Å²) in [4.78, 5) is 17.6. The summed E-state index contributed by atoms with van der Waals surface area (Å²) in [5.41, 5.74) is 2.70. The highest BCUT2D eigenvalue weighted by atomic mass is 16.6. The maximum absolute atomic E-state index is 12.3. The first-order valence-electron chi connectivity index (χ1n) is 9.51. The van der Waals surface area contributed by atoms with Crippen LogP contribution >= 0.6 is 0 Å². The molecule has 0 saturated heterocycles. The van der Waals surface area contributed by atoms with E-state index in [9.17, 15) is 4.79 Å². The minimum Gasteiger partial charge on any atom is -0.488 e. The van der Waals surface area contributed by atoms with Gasteiger partial charge in [-0.25, -0.2) is 0 Å². The van der Waals surface area contributed by atoms with Crippen LogP contribution < -0.4 is 14.8 Å². The van der Waals surface area contributed by atoms with Crippen molar-refractivity contribution in [1.29, 1.82) is 0 Å². The number of oxime groups is 1. The van der Waals surface area contributed by atoms with Gasteiger partial charge in [0.15, 0.2) is 11.5 Å². The second kappa shape index (κ2) is 7.54. The Balaban J connectivity index is 1.24. The first-order valence-corrected chi connectivity index (χ1v) is 9.51. The van der Waals surface area contributed by atoms with Crippen molar-refractivity contribution < 1.29 is 19.1 Å². The Labute approximate surface area is 164 Å². The molecule has 0 saturated carbocycles. The lowest BCUT2D eigenvalue weighted by atomic mass is 10.0. The number of hydrogen-bond donors (Lipinski definition) is 1. The minimum atomic E-state index is -0.597. The Hall–Kier alpha value is -3.02. The van der Waals surface area contributed by atoms with E-state index in [1.807, 2.05) is 42.5 Å². The van der Waals surface area contributed by atoms with E-state index in [1.165, 1.54) is 0 Å². The van der Waals surface area contributed by atoms with E-state index in [2.05, 4.69) is 30.4 Å². The van der Waals surface area contributed by atoms with Crippen molar-refractivity contribution in [3.05, 3.63) is 59.7 Å². The number of carbonyl (C=O) groups is 1. The van der Waals surface area contributed by atoms with E-state index in [0.29, 0.717) is 25.3 Å². The third-order valence-electron chi connectivity index (χ3n) is 4.78. The van der Waals surface area contributed by atoms with Crippen molar-refractivity contribution in [1.82, 2.24) is 5.32 Å². The highest BCUT2D eigenvalue weighted by Gasteiger charge is 2.32. The minimum absolute atomic E-state index is 0.186. The Morgan fingerprint density at radius 2 is 2.04 bits per heavy atom. The Morgan fingerprint density at radius 1 is 1.21 bits per heavy atom.